The zero-order valence-corrected chi connectivity index (χ0v) is 20.5. The molecule has 2 aromatic carbocycles. The molecule has 2 heterocycles. The van der Waals surface area contributed by atoms with Gasteiger partial charge in [-0.2, -0.15) is 0 Å². The number of esters is 1. The number of carboxylic acid groups (broad SMARTS) is 1. The van der Waals surface area contributed by atoms with Crippen molar-refractivity contribution < 1.29 is 19.4 Å². The third-order valence-corrected chi connectivity index (χ3v) is 7.33. The summed E-state index contributed by atoms with van der Waals surface area (Å²) in [5, 5.41) is 21.5. The first-order chi connectivity index (χ1) is 18.1. The summed E-state index contributed by atoms with van der Waals surface area (Å²) in [6.45, 7) is -0.00718. The number of ether oxygens (including phenoxy) is 1. The van der Waals surface area contributed by atoms with E-state index in [1.807, 2.05) is 34.9 Å². The second kappa shape index (κ2) is 11.4. The Hall–Kier alpha value is -3.98. The maximum absolute atomic E-state index is 11.5. The Morgan fingerprint density at radius 3 is 2.57 bits per heavy atom. The van der Waals surface area contributed by atoms with E-state index in [-0.39, 0.29) is 12.6 Å². The highest BCUT2D eigenvalue weighted by Crippen LogP contribution is 2.31. The van der Waals surface area contributed by atoms with Crippen LogP contribution in [-0.2, 0) is 20.7 Å². The molecule has 3 N–H and O–H groups in total. The Labute approximate surface area is 214 Å². The van der Waals surface area contributed by atoms with Gasteiger partial charge in [0.1, 0.15) is 19.3 Å². The molecule has 1 atom stereocenters. The molecular weight excluding hydrogens is 470 g/mol. The van der Waals surface area contributed by atoms with Crippen molar-refractivity contribution in [2.75, 3.05) is 6.61 Å². The molecule has 9 nitrogen and oxygen atoms in total. The lowest BCUT2D eigenvalue weighted by Gasteiger charge is -2.32. The minimum absolute atomic E-state index is 0.00718. The smallest absolute Gasteiger partial charge is 0.417 e. The fourth-order valence-electron chi connectivity index (χ4n) is 5.28. The SMILES string of the molecule is O=C(O)C(=O)OC[C@H](NC1CCC(CCc2c[nH]c3ccc(-n4cnnc4)cc23)CC1)c1ccccc1. The van der Waals surface area contributed by atoms with Crippen LogP contribution in [0.5, 0.6) is 0 Å². The van der Waals surface area contributed by atoms with Gasteiger partial charge in [0.2, 0.25) is 0 Å². The minimum Gasteiger partial charge on any atom is -0.473 e. The zero-order chi connectivity index (χ0) is 25.6. The molecule has 5 rings (SSSR count). The van der Waals surface area contributed by atoms with E-state index in [4.69, 9.17) is 9.84 Å². The van der Waals surface area contributed by atoms with Crippen molar-refractivity contribution in [3.63, 3.8) is 0 Å². The monoisotopic (exact) mass is 501 g/mol. The second-order valence-corrected chi connectivity index (χ2v) is 9.70. The van der Waals surface area contributed by atoms with Gasteiger partial charge >= 0.3 is 11.9 Å². The number of hydrogen-bond acceptors (Lipinski definition) is 6. The predicted molar refractivity (Wildman–Crippen MR) is 138 cm³/mol. The van der Waals surface area contributed by atoms with E-state index in [1.165, 1.54) is 10.9 Å². The summed E-state index contributed by atoms with van der Waals surface area (Å²) in [5.74, 6) is -2.14. The zero-order valence-electron chi connectivity index (χ0n) is 20.5. The molecule has 0 aliphatic heterocycles. The van der Waals surface area contributed by atoms with Gasteiger partial charge in [-0.1, -0.05) is 30.3 Å². The quantitative estimate of drug-likeness (QED) is 0.232. The molecule has 1 aliphatic carbocycles. The van der Waals surface area contributed by atoms with Crippen LogP contribution in [0.2, 0.25) is 0 Å². The molecule has 2 aromatic heterocycles. The molecule has 0 bridgehead atoms. The molecule has 0 radical (unpaired) electrons. The number of aromatic nitrogens is 4. The standard InChI is InChI=1S/C28H31N5O4/c34-27(35)28(36)37-16-26(20-4-2-1-3-5-20)32-22-10-7-19(8-11-22)6-9-21-15-29-25-13-12-23(14-24(21)25)33-17-30-31-18-33/h1-5,12-15,17-19,22,26,29,32H,6-11,16H2,(H,34,35)/t19?,22?,26-/m0/s1. The molecular formula is C28H31N5O4. The summed E-state index contributed by atoms with van der Waals surface area (Å²) in [4.78, 5) is 25.7. The number of carbonyl (C=O) groups is 2. The first kappa shape index (κ1) is 24.7. The molecule has 0 unspecified atom stereocenters. The molecule has 1 saturated carbocycles. The molecule has 1 aliphatic rings. The lowest BCUT2D eigenvalue weighted by atomic mass is 9.82. The van der Waals surface area contributed by atoms with Crippen molar-refractivity contribution >= 4 is 22.8 Å². The van der Waals surface area contributed by atoms with Crippen molar-refractivity contribution in [2.45, 2.75) is 50.6 Å². The molecule has 9 heteroatoms. The van der Waals surface area contributed by atoms with Crippen LogP contribution < -0.4 is 5.32 Å². The van der Waals surface area contributed by atoms with Crippen LogP contribution in [0, 0.1) is 5.92 Å². The molecule has 0 spiro atoms. The first-order valence-corrected chi connectivity index (χ1v) is 12.7. The van der Waals surface area contributed by atoms with Gasteiger partial charge in [-0.3, -0.25) is 4.57 Å². The van der Waals surface area contributed by atoms with Gasteiger partial charge in [0.25, 0.3) is 0 Å². The van der Waals surface area contributed by atoms with Gasteiger partial charge in [0, 0.05) is 28.8 Å². The van der Waals surface area contributed by atoms with E-state index >= 15 is 0 Å². The van der Waals surface area contributed by atoms with Crippen molar-refractivity contribution in [1.82, 2.24) is 25.1 Å². The largest absolute Gasteiger partial charge is 0.473 e. The number of hydrogen-bond donors (Lipinski definition) is 3. The number of aryl methyl sites for hydroxylation is 1. The number of rotatable bonds is 9. The lowest BCUT2D eigenvalue weighted by Crippen LogP contribution is -2.38. The van der Waals surface area contributed by atoms with Gasteiger partial charge in [-0.05, 0) is 73.8 Å². The fourth-order valence-corrected chi connectivity index (χ4v) is 5.28. The Morgan fingerprint density at radius 2 is 1.84 bits per heavy atom. The number of aromatic amines is 1. The van der Waals surface area contributed by atoms with Gasteiger partial charge in [0.05, 0.1) is 6.04 Å². The normalized spacial score (nSPS) is 18.5. The Kier molecular flexibility index (Phi) is 7.60. The molecule has 192 valence electrons. The summed E-state index contributed by atoms with van der Waals surface area (Å²) in [6.07, 6.45) is 12.0. The Morgan fingerprint density at radius 1 is 1.08 bits per heavy atom. The van der Waals surface area contributed by atoms with Crippen molar-refractivity contribution in [3.8, 4) is 5.69 Å². The number of fused-ring (bicyclic) bond motifs is 1. The van der Waals surface area contributed by atoms with Crippen molar-refractivity contribution in [2.24, 2.45) is 5.92 Å². The van der Waals surface area contributed by atoms with Crippen LogP contribution in [0.3, 0.4) is 0 Å². The average Bonchev–Trinajstić information content (AvgIpc) is 3.61. The Balaban J connectivity index is 1.15. The van der Waals surface area contributed by atoms with E-state index in [2.05, 4.69) is 44.9 Å². The van der Waals surface area contributed by atoms with E-state index < -0.39 is 11.9 Å². The maximum atomic E-state index is 11.5. The Bertz CT molecular complexity index is 1330. The summed E-state index contributed by atoms with van der Waals surface area (Å²) in [5.41, 5.74) is 4.49. The van der Waals surface area contributed by atoms with Gasteiger partial charge in [-0.15, -0.1) is 10.2 Å². The summed E-state index contributed by atoms with van der Waals surface area (Å²) in [7, 11) is 0. The molecule has 0 saturated heterocycles. The lowest BCUT2D eigenvalue weighted by molar-refractivity contribution is -0.164. The number of carboxylic acids is 1. The number of H-pyrrole nitrogens is 1. The van der Waals surface area contributed by atoms with Gasteiger partial charge < -0.3 is 20.1 Å². The third-order valence-electron chi connectivity index (χ3n) is 7.33. The van der Waals surface area contributed by atoms with Crippen LogP contribution in [0.25, 0.3) is 16.6 Å². The number of nitrogens with zero attached hydrogens (tertiary/aromatic N) is 3. The molecule has 37 heavy (non-hydrogen) atoms. The first-order valence-electron chi connectivity index (χ1n) is 12.7. The minimum atomic E-state index is -1.57. The molecule has 0 amide bonds. The number of carbonyl (C=O) groups excluding carboxylic acids is 1. The van der Waals surface area contributed by atoms with Gasteiger partial charge in [-0.25, -0.2) is 9.59 Å². The highest BCUT2D eigenvalue weighted by molar-refractivity contribution is 6.28. The van der Waals surface area contributed by atoms with Crippen LogP contribution in [0.1, 0.15) is 49.3 Å². The topological polar surface area (TPSA) is 122 Å². The van der Waals surface area contributed by atoms with Crippen LogP contribution in [0.15, 0.2) is 67.4 Å². The average molecular weight is 502 g/mol. The predicted octanol–water partition coefficient (Wildman–Crippen LogP) is 4.20. The summed E-state index contributed by atoms with van der Waals surface area (Å²) >= 11 is 0. The van der Waals surface area contributed by atoms with Gasteiger partial charge in [0.15, 0.2) is 0 Å². The third kappa shape index (κ3) is 6.06. The van der Waals surface area contributed by atoms with E-state index in [0.717, 1.165) is 55.3 Å². The van der Waals surface area contributed by atoms with E-state index in [0.29, 0.717) is 12.0 Å². The molecule has 4 aromatic rings. The van der Waals surface area contributed by atoms with E-state index in [9.17, 15) is 9.59 Å². The second-order valence-electron chi connectivity index (χ2n) is 9.70. The number of nitrogens with one attached hydrogen (secondary N) is 2. The highest BCUT2D eigenvalue weighted by atomic mass is 16.6. The number of aliphatic carboxylic acids is 1. The molecule has 1 fully saturated rings. The van der Waals surface area contributed by atoms with Crippen molar-refractivity contribution in [3.05, 3.63) is 78.5 Å². The highest BCUT2D eigenvalue weighted by Gasteiger charge is 2.25. The maximum Gasteiger partial charge on any atom is 0.417 e. The van der Waals surface area contributed by atoms with Crippen molar-refractivity contribution in [1.29, 1.82) is 0 Å². The van der Waals surface area contributed by atoms with E-state index in [1.54, 1.807) is 12.7 Å². The fraction of sp³-hybridized carbons (Fsp3) is 0.357. The van der Waals surface area contributed by atoms with Crippen LogP contribution >= 0.6 is 0 Å². The van der Waals surface area contributed by atoms with Crippen LogP contribution in [-0.4, -0.2) is 49.4 Å². The summed E-state index contributed by atoms with van der Waals surface area (Å²) < 4.78 is 6.93. The summed E-state index contributed by atoms with van der Waals surface area (Å²) in [6, 6.07) is 16.1. The van der Waals surface area contributed by atoms with Crippen LogP contribution in [0.4, 0.5) is 0 Å². The number of benzene rings is 2.